The molecule has 2 aromatic rings. The molecule has 4 nitrogen and oxygen atoms in total. The van der Waals surface area contributed by atoms with Crippen LogP contribution in [0.25, 0.3) is 11.0 Å². The van der Waals surface area contributed by atoms with Crippen molar-refractivity contribution in [2.45, 2.75) is 18.9 Å². The Hall–Kier alpha value is -1.55. The summed E-state index contributed by atoms with van der Waals surface area (Å²) in [6.07, 6.45) is 2.40. The minimum absolute atomic E-state index is 0.0135. The summed E-state index contributed by atoms with van der Waals surface area (Å²) in [7, 11) is 0. The lowest BCUT2D eigenvalue weighted by molar-refractivity contribution is 0.476. The Balaban J connectivity index is 2.05. The molecule has 15 heavy (non-hydrogen) atoms. The molecule has 0 saturated heterocycles. The molecule has 1 aromatic carbocycles. The zero-order valence-electron chi connectivity index (χ0n) is 8.27. The first-order chi connectivity index (χ1) is 7.24. The number of phenols is 1. The third-order valence-corrected chi connectivity index (χ3v) is 2.93. The maximum Gasteiger partial charge on any atom is 0.124 e. The van der Waals surface area contributed by atoms with Gasteiger partial charge < -0.3 is 15.8 Å². The van der Waals surface area contributed by atoms with Crippen molar-refractivity contribution in [3.8, 4) is 5.75 Å². The summed E-state index contributed by atoms with van der Waals surface area (Å²) in [6.45, 7) is 0. The summed E-state index contributed by atoms with van der Waals surface area (Å²) in [4.78, 5) is 7.58. The zero-order valence-corrected chi connectivity index (χ0v) is 8.27. The van der Waals surface area contributed by atoms with Gasteiger partial charge in [0.15, 0.2) is 0 Å². The molecular weight excluding hydrogens is 190 g/mol. The van der Waals surface area contributed by atoms with Gasteiger partial charge >= 0.3 is 0 Å². The number of nitrogens with zero attached hydrogens (tertiary/aromatic N) is 1. The van der Waals surface area contributed by atoms with Crippen molar-refractivity contribution in [1.29, 1.82) is 0 Å². The third-order valence-electron chi connectivity index (χ3n) is 2.93. The maximum atomic E-state index is 9.32. The molecule has 4 heteroatoms. The summed E-state index contributed by atoms with van der Waals surface area (Å²) >= 11 is 0. The molecule has 1 aliphatic carbocycles. The van der Waals surface area contributed by atoms with Crippen LogP contribution < -0.4 is 5.73 Å². The number of hydrogen-bond donors (Lipinski definition) is 3. The van der Waals surface area contributed by atoms with Crippen LogP contribution in [0.4, 0.5) is 0 Å². The number of aromatic hydroxyl groups is 1. The number of benzene rings is 1. The summed E-state index contributed by atoms with van der Waals surface area (Å²) in [5, 5.41) is 9.32. The van der Waals surface area contributed by atoms with Gasteiger partial charge in [-0.15, -0.1) is 0 Å². The fourth-order valence-corrected chi connectivity index (χ4v) is 1.85. The average Bonchev–Trinajstić information content (AvgIpc) is 2.97. The smallest absolute Gasteiger partial charge is 0.124 e. The highest BCUT2D eigenvalue weighted by molar-refractivity contribution is 5.76. The first-order valence-electron chi connectivity index (χ1n) is 5.18. The number of nitrogens with one attached hydrogen (secondary N) is 1. The van der Waals surface area contributed by atoms with Crippen molar-refractivity contribution in [2.24, 2.45) is 11.7 Å². The molecule has 0 aliphatic heterocycles. The quantitative estimate of drug-likeness (QED) is 0.695. The van der Waals surface area contributed by atoms with E-state index in [-0.39, 0.29) is 11.8 Å². The summed E-state index contributed by atoms with van der Waals surface area (Å²) in [5.41, 5.74) is 7.75. The van der Waals surface area contributed by atoms with Gasteiger partial charge in [0, 0.05) is 6.07 Å². The van der Waals surface area contributed by atoms with Gasteiger partial charge in [-0.3, -0.25) is 0 Å². The van der Waals surface area contributed by atoms with Crippen LogP contribution in [0.2, 0.25) is 0 Å². The van der Waals surface area contributed by atoms with Crippen LogP contribution in [0.3, 0.4) is 0 Å². The average molecular weight is 203 g/mol. The lowest BCUT2D eigenvalue weighted by Gasteiger charge is -2.04. The van der Waals surface area contributed by atoms with Gasteiger partial charge in [0.1, 0.15) is 11.6 Å². The molecule has 1 heterocycles. The van der Waals surface area contributed by atoms with Gasteiger partial charge in [-0.1, -0.05) is 0 Å². The first-order valence-corrected chi connectivity index (χ1v) is 5.18. The van der Waals surface area contributed by atoms with Gasteiger partial charge in [-0.2, -0.15) is 0 Å². The van der Waals surface area contributed by atoms with Crippen LogP contribution in [0.5, 0.6) is 5.75 Å². The number of nitrogens with two attached hydrogens (primary N) is 1. The highest BCUT2D eigenvalue weighted by Gasteiger charge is 2.31. The summed E-state index contributed by atoms with van der Waals surface area (Å²) in [6, 6.07) is 5.12. The van der Waals surface area contributed by atoms with Gasteiger partial charge in [-0.05, 0) is 30.9 Å². The molecule has 1 fully saturated rings. The van der Waals surface area contributed by atoms with Gasteiger partial charge in [0.05, 0.1) is 17.1 Å². The van der Waals surface area contributed by atoms with Crippen LogP contribution in [0, 0.1) is 5.92 Å². The number of H-pyrrole nitrogens is 1. The Labute approximate surface area is 87.1 Å². The van der Waals surface area contributed by atoms with Crippen LogP contribution in [-0.4, -0.2) is 15.1 Å². The number of aromatic amines is 1. The summed E-state index contributed by atoms with van der Waals surface area (Å²) < 4.78 is 0. The normalized spacial score (nSPS) is 18.2. The van der Waals surface area contributed by atoms with Crippen LogP contribution in [0.1, 0.15) is 24.7 Å². The molecular formula is C11H13N3O. The van der Waals surface area contributed by atoms with E-state index in [1.807, 2.05) is 0 Å². The Morgan fingerprint density at radius 3 is 3.00 bits per heavy atom. The van der Waals surface area contributed by atoms with E-state index >= 15 is 0 Å². The first kappa shape index (κ1) is 8.73. The van der Waals surface area contributed by atoms with E-state index in [0.717, 1.165) is 16.9 Å². The highest BCUT2D eigenvalue weighted by atomic mass is 16.3. The van der Waals surface area contributed by atoms with Gasteiger partial charge in [0.2, 0.25) is 0 Å². The van der Waals surface area contributed by atoms with Crippen molar-refractivity contribution in [3.05, 3.63) is 24.0 Å². The largest absolute Gasteiger partial charge is 0.508 e. The van der Waals surface area contributed by atoms with E-state index in [4.69, 9.17) is 5.73 Å². The number of aromatic nitrogens is 2. The van der Waals surface area contributed by atoms with Crippen molar-refractivity contribution >= 4 is 11.0 Å². The molecule has 78 valence electrons. The Kier molecular flexibility index (Phi) is 1.73. The molecule has 1 aromatic heterocycles. The predicted octanol–water partition coefficient (Wildman–Crippen LogP) is 1.68. The lowest BCUT2D eigenvalue weighted by Crippen LogP contribution is -2.13. The van der Waals surface area contributed by atoms with E-state index in [1.54, 1.807) is 18.2 Å². The molecule has 1 atom stereocenters. The molecule has 0 spiro atoms. The lowest BCUT2D eigenvalue weighted by atomic mass is 10.2. The molecule has 0 bridgehead atoms. The van der Waals surface area contributed by atoms with E-state index in [9.17, 15) is 5.11 Å². The highest BCUT2D eigenvalue weighted by Crippen LogP contribution is 2.38. The predicted molar refractivity (Wildman–Crippen MR) is 57.4 cm³/mol. The van der Waals surface area contributed by atoms with E-state index in [1.165, 1.54) is 12.8 Å². The minimum atomic E-state index is 0.0135. The Bertz CT molecular complexity index is 502. The topological polar surface area (TPSA) is 74.9 Å². The Morgan fingerprint density at radius 2 is 2.27 bits per heavy atom. The second kappa shape index (κ2) is 2.97. The van der Waals surface area contributed by atoms with Crippen molar-refractivity contribution in [2.75, 3.05) is 0 Å². The monoisotopic (exact) mass is 203 g/mol. The third kappa shape index (κ3) is 1.47. The second-order valence-corrected chi connectivity index (χ2v) is 4.19. The van der Waals surface area contributed by atoms with E-state index < -0.39 is 0 Å². The number of imidazole rings is 1. The Morgan fingerprint density at radius 1 is 1.47 bits per heavy atom. The standard InChI is InChI=1S/C11H13N3O/c12-10(6-1-2-6)11-13-8-4-3-7(15)5-9(8)14-11/h3-6,10,15H,1-2,12H2,(H,13,14). The number of hydrogen-bond acceptors (Lipinski definition) is 3. The van der Waals surface area contributed by atoms with Gasteiger partial charge in [-0.25, -0.2) is 4.98 Å². The van der Waals surface area contributed by atoms with Crippen LogP contribution >= 0.6 is 0 Å². The second-order valence-electron chi connectivity index (χ2n) is 4.19. The molecule has 1 unspecified atom stereocenters. The maximum absolute atomic E-state index is 9.32. The zero-order chi connectivity index (χ0) is 10.4. The molecule has 1 saturated carbocycles. The van der Waals surface area contributed by atoms with Crippen molar-refractivity contribution in [1.82, 2.24) is 9.97 Å². The van der Waals surface area contributed by atoms with E-state index in [0.29, 0.717) is 5.92 Å². The van der Waals surface area contributed by atoms with Crippen molar-refractivity contribution < 1.29 is 5.11 Å². The molecule has 0 radical (unpaired) electrons. The van der Waals surface area contributed by atoms with Crippen LogP contribution in [0.15, 0.2) is 18.2 Å². The molecule has 1 aliphatic rings. The minimum Gasteiger partial charge on any atom is -0.508 e. The van der Waals surface area contributed by atoms with Gasteiger partial charge in [0.25, 0.3) is 0 Å². The number of fused-ring (bicyclic) bond motifs is 1. The molecule has 3 rings (SSSR count). The number of phenolic OH excluding ortho intramolecular Hbond substituents is 1. The molecule has 4 N–H and O–H groups in total. The fraction of sp³-hybridized carbons (Fsp3) is 0.364. The molecule has 0 amide bonds. The summed E-state index contributed by atoms with van der Waals surface area (Å²) in [5.74, 6) is 1.66. The number of rotatable bonds is 2. The van der Waals surface area contributed by atoms with E-state index in [2.05, 4.69) is 9.97 Å². The SMILES string of the molecule is NC(c1nc2ccc(O)cc2[nH]1)C1CC1. The fourth-order valence-electron chi connectivity index (χ4n) is 1.85. The van der Waals surface area contributed by atoms with Crippen LogP contribution in [-0.2, 0) is 0 Å². The van der Waals surface area contributed by atoms with Crippen molar-refractivity contribution in [3.63, 3.8) is 0 Å².